The molecule has 3 nitrogen and oxygen atoms in total. The lowest BCUT2D eigenvalue weighted by Gasteiger charge is -2.16. The average molecular weight is 324 g/mol. The zero-order valence-corrected chi connectivity index (χ0v) is 13.4. The SMILES string of the molecule is CSC(C)CNCC(O)COc1c(Cl)cccc1Cl. The number of para-hydroxylation sites is 1. The van der Waals surface area contributed by atoms with Gasteiger partial charge in [-0.05, 0) is 18.4 Å². The van der Waals surface area contributed by atoms with Crippen LogP contribution < -0.4 is 10.1 Å². The highest BCUT2D eigenvalue weighted by atomic mass is 35.5. The summed E-state index contributed by atoms with van der Waals surface area (Å²) in [7, 11) is 0. The number of ether oxygens (including phenoxy) is 1. The van der Waals surface area contributed by atoms with E-state index in [-0.39, 0.29) is 6.61 Å². The number of halogens is 2. The molecule has 1 aromatic carbocycles. The maximum atomic E-state index is 9.80. The van der Waals surface area contributed by atoms with Crippen LogP contribution in [0, 0.1) is 0 Å². The molecular formula is C13H19Cl2NO2S. The summed E-state index contributed by atoms with van der Waals surface area (Å²) in [5.74, 6) is 0.419. The molecule has 0 fully saturated rings. The van der Waals surface area contributed by atoms with Crippen LogP contribution in [0.2, 0.25) is 10.0 Å². The Balaban J connectivity index is 2.32. The van der Waals surface area contributed by atoms with Crippen molar-refractivity contribution in [1.82, 2.24) is 5.32 Å². The first kappa shape index (κ1) is 16.9. The van der Waals surface area contributed by atoms with E-state index in [4.69, 9.17) is 27.9 Å². The van der Waals surface area contributed by atoms with Crippen LogP contribution in [0.5, 0.6) is 5.75 Å². The summed E-state index contributed by atoms with van der Waals surface area (Å²) < 4.78 is 5.45. The molecule has 0 aliphatic heterocycles. The van der Waals surface area contributed by atoms with Gasteiger partial charge in [-0.25, -0.2) is 0 Å². The minimum absolute atomic E-state index is 0.157. The Kier molecular flexibility index (Phi) is 7.95. The van der Waals surface area contributed by atoms with E-state index < -0.39 is 6.10 Å². The Bertz CT molecular complexity index is 373. The van der Waals surface area contributed by atoms with Gasteiger partial charge in [0.2, 0.25) is 0 Å². The van der Waals surface area contributed by atoms with E-state index >= 15 is 0 Å². The van der Waals surface area contributed by atoms with Gasteiger partial charge in [0, 0.05) is 18.3 Å². The number of benzene rings is 1. The molecule has 0 bridgehead atoms. The van der Waals surface area contributed by atoms with Crippen molar-refractivity contribution >= 4 is 35.0 Å². The van der Waals surface area contributed by atoms with Gasteiger partial charge in [-0.2, -0.15) is 11.8 Å². The van der Waals surface area contributed by atoms with Crippen LogP contribution in [-0.2, 0) is 0 Å². The molecule has 0 aliphatic rings. The number of thioether (sulfide) groups is 1. The molecule has 6 heteroatoms. The van der Waals surface area contributed by atoms with E-state index in [1.807, 2.05) is 0 Å². The lowest BCUT2D eigenvalue weighted by Crippen LogP contribution is -2.34. The van der Waals surface area contributed by atoms with Crippen molar-refractivity contribution in [3.8, 4) is 5.75 Å². The normalized spacial score (nSPS) is 14.2. The maximum Gasteiger partial charge on any atom is 0.156 e. The summed E-state index contributed by atoms with van der Waals surface area (Å²) >= 11 is 13.7. The Morgan fingerprint density at radius 3 is 2.53 bits per heavy atom. The highest BCUT2D eigenvalue weighted by Crippen LogP contribution is 2.32. The van der Waals surface area contributed by atoms with Gasteiger partial charge in [0.25, 0.3) is 0 Å². The van der Waals surface area contributed by atoms with Crippen molar-refractivity contribution < 1.29 is 9.84 Å². The van der Waals surface area contributed by atoms with Crippen molar-refractivity contribution in [3.63, 3.8) is 0 Å². The maximum absolute atomic E-state index is 9.80. The predicted molar refractivity (Wildman–Crippen MR) is 83.8 cm³/mol. The van der Waals surface area contributed by atoms with E-state index in [0.29, 0.717) is 27.6 Å². The third kappa shape index (κ3) is 6.23. The number of nitrogens with one attached hydrogen (secondary N) is 1. The smallest absolute Gasteiger partial charge is 0.156 e. The summed E-state index contributed by atoms with van der Waals surface area (Å²) in [6.07, 6.45) is 1.46. The van der Waals surface area contributed by atoms with Crippen LogP contribution >= 0.6 is 35.0 Å². The zero-order valence-electron chi connectivity index (χ0n) is 11.0. The topological polar surface area (TPSA) is 41.5 Å². The van der Waals surface area contributed by atoms with Gasteiger partial charge in [0.05, 0.1) is 10.0 Å². The number of rotatable bonds is 8. The monoisotopic (exact) mass is 323 g/mol. The first-order valence-electron chi connectivity index (χ1n) is 6.03. The lowest BCUT2D eigenvalue weighted by molar-refractivity contribution is 0.107. The molecule has 1 aromatic rings. The van der Waals surface area contributed by atoms with Gasteiger partial charge < -0.3 is 15.2 Å². The number of aliphatic hydroxyl groups is 1. The van der Waals surface area contributed by atoms with E-state index in [9.17, 15) is 5.11 Å². The summed E-state index contributed by atoms with van der Waals surface area (Å²) in [5.41, 5.74) is 0. The molecule has 108 valence electrons. The molecule has 2 atom stereocenters. The van der Waals surface area contributed by atoms with Gasteiger partial charge in [0.1, 0.15) is 12.7 Å². The third-order valence-corrected chi connectivity index (χ3v) is 4.12. The second-order valence-corrected chi connectivity index (χ2v) is 6.31. The van der Waals surface area contributed by atoms with E-state index in [0.717, 1.165) is 6.54 Å². The van der Waals surface area contributed by atoms with Crippen molar-refractivity contribution in [2.45, 2.75) is 18.3 Å². The molecule has 19 heavy (non-hydrogen) atoms. The van der Waals surface area contributed by atoms with Crippen molar-refractivity contribution in [2.75, 3.05) is 26.0 Å². The first-order valence-corrected chi connectivity index (χ1v) is 8.07. The van der Waals surface area contributed by atoms with Crippen LogP contribution in [-0.4, -0.2) is 42.4 Å². The summed E-state index contributed by atoms with van der Waals surface area (Å²) in [4.78, 5) is 0. The zero-order chi connectivity index (χ0) is 14.3. The largest absolute Gasteiger partial charge is 0.488 e. The molecule has 0 radical (unpaired) electrons. The fourth-order valence-corrected chi connectivity index (χ4v) is 2.19. The van der Waals surface area contributed by atoms with Gasteiger partial charge in [-0.15, -0.1) is 0 Å². The van der Waals surface area contributed by atoms with Crippen LogP contribution in [0.1, 0.15) is 6.92 Å². The van der Waals surface area contributed by atoms with E-state index in [2.05, 4.69) is 18.5 Å². The van der Waals surface area contributed by atoms with Gasteiger partial charge >= 0.3 is 0 Å². The highest BCUT2D eigenvalue weighted by molar-refractivity contribution is 7.99. The Labute approximate surface area is 128 Å². The number of aliphatic hydroxyl groups excluding tert-OH is 1. The molecule has 0 saturated carbocycles. The van der Waals surface area contributed by atoms with Gasteiger partial charge in [-0.1, -0.05) is 36.2 Å². The molecule has 0 amide bonds. The van der Waals surface area contributed by atoms with Gasteiger partial charge in [0.15, 0.2) is 5.75 Å². The Hall–Kier alpha value is -0.130. The van der Waals surface area contributed by atoms with Crippen molar-refractivity contribution in [1.29, 1.82) is 0 Å². The summed E-state index contributed by atoms with van der Waals surface area (Å²) in [6.45, 7) is 3.62. The first-order chi connectivity index (χ1) is 9.04. The molecule has 0 heterocycles. The number of hydrogen-bond donors (Lipinski definition) is 2. The summed E-state index contributed by atoms with van der Waals surface area (Å²) in [6, 6.07) is 5.15. The van der Waals surface area contributed by atoms with Crippen molar-refractivity contribution in [3.05, 3.63) is 28.2 Å². The van der Waals surface area contributed by atoms with E-state index in [1.165, 1.54) is 0 Å². The molecule has 1 rings (SSSR count). The molecule has 0 aromatic heterocycles. The fraction of sp³-hybridized carbons (Fsp3) is 0.538. The molecule has 0 saturated heterocycles. The predicted octanol–water partition coefficient (Wildman–Crippen LogP) is 3.07. The Morgan fingerprint density at radius 1 is 1.32 bits per heavy atom. The van der Waals surface area contributed by atoms with Crippen LogP contribution in [0.15, 0.2) is 18.2 Å². The lowest BCUT2D eigenvalue weighted by atomic mass is 10.3. The van der Waals surface area contributed by atoms with Crippen LogP contribution in [0.25, 0.3) is 0 Å². The van der Waals surface area contributed by atoms with Crippen LogP contribution in [0.3, 0.4) is 0 Å². The standard InChI is InChI=1S/C13H19Cl2NO2S/c1-9(19-2)6-16-7-10(17)8-18-13-11(14)4-3-5-12(13)15/h3-5,9-10,16-17H,6-8H2,1-2H3. The summed E-state index contributed by atoms with van der Waals surface area (Å²) in [5, 5.41) is 14.4. The molecular weight excluding hydrogens is 305 g/mol. The molecule has 2 N–H and O–H groups in total. The minimum atomic E-state index is -0.596. The minimum Gasteiger partial charge on any atom is -0.488 e. The molecule has 0 spiro atoms. The highest BCUT2D eigenvalue weighted by Gasteiger charge is 2.10. The average Bonchev–Trinajstić information content (AvgIpc) is 2.38. The Morgan fingerprint density at radius 2 is 1.95 bits per heavy atom. The van der Waals surface area contributed by atoms with E-state index in [1.54, 1.807) is 30.0 Å². The van der Waals surface area contributed by atoms with Gasteiger partial charge in [-0.3, -0.25) is 0 Å². The molecule has 2 unspecified atom stereocenters. The quantitative estimate of drug-likeness (QED) is 0.771. The van der Waals surface area contributed by atoms with Crippen molar-refractivity contribution in [2.24, 2.45) is 0 Å². The van der Waals surface area contributed by atoms with Crippen LogP contribution in [0.4, 0.5) is 0 Å². The second kappa shape index (κ2) is 8.93. The number of hydrogen-bond acceptors (Lipinski definition) is 4. The molecule has 0 aliphatic carbocycles. The fourth-order valence-electron chi connectivity index (χ4n) is 1.40. The second-order valence-electron chi connectivity index (χ2n) is 4.22. The third-order valence-electron chi connectivity index (χ3n) is 2.55.